The lowest BCUT2D eigenvalue weighted by Gasteiger charge is -2.26. The van der Waals surface area contributed by atoms with E-state index in [0.717, 1.165) is 17.7 Å². The maximum absolute atomic E-state index is 12.2. The standard InChI is InChI=1S/C19H19NO3/c21-17(14-6-2-1-3-7-14)10-11-19(22)20-16-12-13-23-18-9-5-4-8-15(16)18/h1-9,16H,10-13H2,(H,20,22). The molecule has 1 N–H and O–H groups in total. The summed E-state index contributed by atoms with van der Waals surface area (Å²) in [6, 6.07) is 16.8. The van der Waals surface area contributed by atoms with Gasteiger partial charge in [0.2, 0.25) is 5.91 Å². The molecule has 2 aromatic rings. The third-order valence-electron chi connectivity index (χ3n) is 3.97. The van der Waals surface area contributed by atoms with Crippen molar-refractivity contribution in [3.63, 3.8) is 0 Å². The molecule has 0 saturated heterocycles. The molecule has 1 unspecified atom stereocenters. The zero-order valence-corrected chi connectivity index (χ0v) is 12.8. The summed E-state index contributed by atoms with van der Waals surface area (Å²) in [6.45, 7) is 0.588. The highest BCUT2D eigenvalue weighted by molar-refractivity contribution is 5.97. The third-order valence-corrected chi connectivity index (χ3v) is 3.97. The lowest BCUT2D eigenvalue weighted by atomic mass is 10.00. The van der Waals surface area contributed by atoms with E-state index in [1.165, 1.54) is 0 Å². The first kappa shape index (κ1) is 15.3. The highest BCUT2D eigenvalue weighted by Gasteiger charge is 2.22. The van der Waals surface area contributed by atoms with Crippen molar-refractivity contribution in [2.24, 2.45) is 0 Å². The molecule has 0 fully saturated rings. The van der Waals surface area contributed by atoms with Crippen molar-refractivity contribution in [1.29, 1.82) is 0 Å². The quantitative estimate of drug-likeness (QED) is 0.862. The fourth-order valence-electron chi connectivity index (χ4n) is 2.75. The second-order valence-corrected chi connectivity index (χ2v) is 5.58. The van der Waals surface area contributed by atoms with Gasteiger partial charge in [-0.1, -0.05) is 48.5 Å². The summed E-state index contributed by atoms with van der Waals surface area (Å²) < 4.78 is 5.59. The van der Waals surface area contributed by atoms with Crippen molar-refractivity contribution in [3.05, 3.63) is 65.7 Å². The van der Waals surface area contributed by atoms with Crippen molar-refractivity contribution in [2.45, 2.75) is 25.3 Å². The molecule has 4 nitrogen and oxygen atoms in total. The van der Waals surface area contributed by atoms with Crippen molar-refractivity contribution in [1.82, 2.24) is 5.32 Å². The van der Waals surface area contributed by atoms with Gasteiger partial charge in [0.1, 0.15) is 5.75 Å². The largest absolute Gasteiger partial charge is 0.493 e. The fourth-order valence-corrected chi connectivity index (χ4v) is 2.75. The fraction of sp³-hybridized carbons (Fsp3) is 0.263. The molecule has 0 aliphatic carbocycles. The van der Waals surface area contributed by atoms with Crippen LogP contribution in [0.25, 0.3) is 0 Å². The average molecular weight is 309 g/mol. The lowest BCUT2D eigenvalue weighted by Crippen LogP contribution is -2.32. The highest BCUT2D eigenvalue weighted by atomic mass is 16.5. The molecule has 0 spiro atoms. The van der Waals surface area contributed by atoms with Gasteiger partial charge in [-0.05, 0) is 6.07 Å². The van der Waals surface area contributed by atoms with Gasteiger partial charge in [-0.3, -0.25) is 9.59 Å². The Kier molecular flexibility index (Phi) is 4.71. The summed E-state index contributed by atoms with van der Waals surface area (Å²) in [7, 11) is 0. The molecular formula is C19H19NO3. The minimum atomic E-state index is -0.101. The van der Waals surface area contributed by atoms with Crippen LogP contribution in [0.5, 0.6) is 5.75 Å². The Hall–Kier alpha value is -2.62. The van der Waals surface area contributed by atoms with Gasteiger partial charge in [0.15, 0.2) is 5.78 Å². The molecule has 1 aliphatic heterocycles. The zero-order valence-electron chi connectivity index (χ0n) is 12.8. The molecule has 0 aromatic heterocycles. The molecule has 23 heavy (non-hydrogen) atoms. The smallest absolute Gasteiger partial charge is 0.220 e. The summed E-state index contributed by atoms with van der Waals surface area (Å²) in [5.41, 5.74) is 1.65. The van der Waals surface area contributed by atoms with Crippen LogP contribution in [0, 0.1) is 0 Å². The number of Topliss-reactive ketones (excluding diaryl/α,β-unsaturated/α-hetero) is 1. The molecule has 3 rings (SSSR count). The number of fused-ring (bicyclic) bond motifs is 1. The molecule has 4 heteroatoms. The van der Waals surface area contributed by atoms with Crippen molar-refractivity contribution in [3.8, 4) is 5.75 Å². The number of amides is 1. The number of para-hydroxylation sites is 1. The predicted molar refractivity (Wildman–Crippen MR) is 87.4 cm³/mol. The molecule has 1 amide bonds. The normalized spacial score (nSPS) is 16.1. The first-order valence-corrected chi connectivity index (χ1v) is 7.83. The Morgan fingerprint density at radius 1 is 1.00 bits per heavy atom. The second kappa shape index (κ2) is 7.09. The summed E-state index contributed by atoms with van der Waals surface area (Å²) in [5, 5.41) is 3.01. The average Bonchev–Trinajstić information content (AvgIpc) is 2.61. The van der Waals surface area contributed by atoms with Gasteiger partial charge in [-0.25, -0.2) is 0 Å². The van der Waals surface area contributed by atoms with Gasteiger partial charge in [-0.15, -0.1) is 0 Å². The van der Waals surface area contributed by atoms with Crippen LogP contribution in [0.3, 0.4) is 0 Å². The van der Waals surface area contributed by atoms with E-state index >= 15 is 0 Å². The van der Waals surface area contributed by atoms with E-state index in [0.29, 0.717) is 12.2 Å². The second-order valence-electron chi connectivity index (χ2n) is 5.58. The number of hydrogen-bond donors (Lipinski definition) is 1. The van der Waals surface area contributed by atoms with Crippen LogP contribution >= 0.6 is 0 Å². The maximum Gasteiger partial charge on any atom is 0.220 e. The number of nitrogens with one attached hydrogen (secondary N) is 1. The Morgan fingerprint density at radius 2 is 1.74 bits per heavy atom. The van der Waals surface area contributed by atoms with E-state index < -0.39 is 0 Å². The maximum atomic E-state index is 12.2. The van der Waals surface area contributed by atoms with Gasteiger partial charge in [0, 0.05) is 30.4 Å². The number of carbonyl (C=O) groups is 2. The first-order chi connectivity index (χ1) is 11.2. The molecule has 2 aromatic carbocycles. The Bertz CT molecular complexity index is 697. The van der Waals surface area contributed by atoms with Crippen molar-refractivity contribution < 1.29 is 14.3 Å². The molecule has 0 bridgehead atoms. The van der Waals surface area contributed by atoms with Crippen molar-refractivity contribution in [2.75, 3.05) is 6.61 Å². The van der Waals surface area contributed by atoms with Gasteiger partial charge in [-0.2, -0.15) is 0 Å². The predicted octanol–water partition coefficient (Wildman–Crippen LogP) is 3.29. The van der Waals surface area contributed by atoms with Crippen LogP contribution in [0.1, 0.15) is 41.2 Å². The van der Waals surface area contributed by atoms with E-state index in [-0.39, 0.29) is 30.6 Å². The topological polar surface area (TPSA) is 55.4 Å². The Morgan fingerprint density at radius 3 is 2.57 bits per heavy atom. The van der Waals surface area contributed by atoms with E-state index in [4.69, 9.17) is 4.74 Å². The summed E-state index contributed by atoms with van der Waals surface area (Å²) in [4.78, 5) is 24.2. The molecule has 0 radical (unpaired) electrons. The van der Waals surface area contributed by atoms with Gasteiger partial charge in [0.25, 0.3) is 0 Å². The molecule has 0 saturated carbocycles. The van der Waals surface area contributed by atoms with Crippen LogP contribution in [0.4, 0.5) is 0 Å². The van der Waals surface area contributed by atoms with Crippen molar-refractivity contribution >= 4 is 11.7 Å². The van der Waals surface area contributed by atoms with Gasteiger partial charge < -0.3 is 10.1 Å². The first-order valence-electron chi connectivity index (χ1n) is 7.83. The van der Waals surface area contributed by atoms with Crippen LogP contribution in [0.2, 0.25) is 0 Å². The van der Waals surface area contributed by atoms with Crippen LogP contribution in [-0.4, -0.2) is 18.3 Å². The molecule has 1 heterocycles. The molecule has 118 valence electrons. The zero-order chi connectivity index (χ0) is 16.1. The summed E-state index contributed by atoms with van der Waals surface area (Å²) in [5.74, 6) is 0.716. The number of benzene rings is 2. The Balaban J connectivity index is 1.55. The summed E-state index contributed by atoms with van der Waals surface area (Å²) in [6.07, 6.45) is 1.17. The third kappa shape index (κ3) is 3.77. The number of carbonyl (C=O) groups excluding carboxylic acids is 2. The number of ketones is 1. The van der Waals surface area contributed by atoms with E-state index in [1.807, 2.05) is 42.5 Å². The van der Waals surface area contributed by atoms with Gasteiger partial charge in [0.05, 0.1) is 12.6 Å². The monoisotopic (exact) mass is 309 g/mol. The number of ether oxygens (including phenoxy) is 1. The lowest BCUT2D eigenvalue weighted by molar-refractivity contribution is -0.122. The molecule has 1 atom stereocenters. The minimum Gasteiger partial charge on any atom is -0.493 e. The summed E-state index contributed by atoms with van der Waals surface area (Å²) >= 11 is 0. The van der Waals surface area contributed by atoms with E-state index in [1.54, 1.807) is 12.1 Å². The molecule has 1 aliphatic rings. The molecular weight excluding hydrogens is 290 g/mol. The van der Waals surface area contributed by atoms with E-state index in [9.17, 15) is 9.59 Å². The minimum absolute atomic E-state index is 0.00636. The Labute approximate surface area is 135 Å². The number of hydrogen-bond acceptors (Lipinski definition) is 3. The van der Waals surface area contributed by atoms with E-state index in [2.05, 4.69) is 5.32 Å². The highest BCUT2D eigenvalue weighted by Crippen LogP contribution is 2.31. The number of rotatable bonds is 5. The van der Waals surface area contributed by atoms with Crippen LogP contribution in [0.15, 0.2) is 54.6 Å². The SMILES string of the molecule is O=C(CCC(=O)c1ccccc1)NC1CCOc2ccccc21. The van der Waals surface area contributed by atoms with Gasteiger partial charge >= 0.3 is 0 Å². The van der Waals surface area contributed by atoms with Crippen LogP contribution < -0.4 is 10.1 Å². The van der Waals surface area contributed by atoms with Crippen LogP contribution in [-0.2, 0) is 4.79 Å².